The summed E-state index contributed by atoms with van der Waals surface area (Å²) in [5.74, 6) is 0.949. The van der Waals surface area contributed by atoms with Crippen molar-refractivity contribution < 1.29 is 19.0 Å². The summed E-state index contributed by atoms with van der Waals surface area (Å²) in [5.41, 5.74) is 2.72. The van der Waals surface area contributed by atoms with Crippen LogP contribution in [0.2, 0.25) is 0 Å². The van der Waals surface area contributed by atoms with E-state index >= 15 is 0 Å². The highest BCUT2D eigenvalue weighted by molar-refractivity contribution is 14.1. The summed E-state index contributed by atoms with van der Waals surface area (Å²) in [6.07, 6.45) is 1.67. The summed E-state index contributed by atoms with van der Waals surface area (Å²) in [5, 5.41) is 0. The molecule has 0 N–H and O–H groups in total. The average molecular weight is 683 g/mol. The van der Waals surface area contributed by atoms with Gasteiger partial charge < -0.3 is 14.2 Å². The molecule has 1 aliphatic heterocycles. The second kappa shape index (κ2) is 10.8. The highest BCUT2D eigenvalue weighted by atomic mass is 127. The van der Waals surface area contributed by atoms with E-state index in [0.717, 1.165) is 24.7 Å². The van der Waals surface area contributed by atoms with Crippen molar-refractivity contribution in [2.75, 3.05) is 6.61 Å². The third kappa shape index (κ3) is 5.85. The molecule has 0 spiro atoms. The van der Waals surface area contributed by atoms with Crippen LogP contribution >= 0.6 is 54.5 Å². The largest absolute Gasteiger partial charge is 0.490 e. The fourth-order valence-electron chi connectivity index (χ4n) is 3.12. The molecule has 1 aliphatic rings. The molecule has 3 aromatic carbocycles. The fourth-order valence-corrected chi connectivity index (χ4v) is 4.41. The molecule has 0 aromatic heterocycles. The number of esters is 1. The quantitative estimate of drug-likeness (QED) is 0.151. The first-order valence-electron chi connectivity index (χ1n) is 10.1. The molecule has 0 amide bonds. The monoisotopic (exact) mass is 681 g/mol. The molecule has 0 fully saturated rings. The van der Waals surface area contributed by atoms with E-state index in [1.807, 2.05) is 67.6 Å². The Balaban J connectivity index is 1.62. The van der Waals surface area contributed by atoms with Crippen LogP contribution in [0, 0.1) is 3.57 Å². The molecule has 168 valence electrons. The predicted molar refractivity (Wildman–Crippen MR) is 144 cm³/mol. The Hall–Kier alpha value is -2.17. The van der Waals surface area contributed by atoms with Crippen molar-refractivity contribution in [2.24, 2.45) is 4.99 Å². The molecule has 5 nitrogen and oxygen atoms in total. The SMILES string of the molecule is CCOc1cc(/C=C2\N=C(c3ccc(I)c(Br)c3)OC2=O)cc(Br)c1OCc1ccccc1. The molecule has 4 rings (SSSR count). The number of cyclic esters (lactones) is 1. The number of nitrogens with zero attached hydrogens (tertiary/aromatic N) is 1. The number of aliphatic imine (C=N–C) groups is 1. The summed E-state index contributed by atoms with van der Waals surface area (Å²) in [6, 6.07) is 19.3. The minimum absolute atomic E-state index is 0.215. The number of benzene rings is 3. The van der Waals surface area contributed by atoms with Crippen LogP contribution in [0.25, 0.3) is 6.08 Å². The van der Waals surface area contributed by atoms with Crippen molar-refractivity contribution in [1.29, 1.82) is 0 Å². The van der Waals surface area contributed by atoms with E-state index in [0.29, 0.717) is 29.2 Å². The second-order valence-corrected chi connectivity index (χ2v) is 9.87. The molecular weight excluding hydrogens is 665 g/mol. The van der Waals surface area contributed by atoms with Crippen LogP contribution in [0.3, 0.4) is 0 Å². The Morgan fingerprint density at radius 2 is 1.82 bits per heavy atom. The minimum atomic E-state index is -0.502. The van der Waals surface area contributed by atoms with Crippen LogP contribution in [-0.4, -0.2) is 18.5 Å². The maximum absolute atomic E-state index is 12.5. The number of hydrogen-bond acceptors (Lipinski definition) is 5. The Morgan fingerprint density at radius 3 is 2.55 bits per heavy atom. The lowest BCUT2D eigenvalue weighted by molar-refractivity contribution is -0.129. The Bertz CT molecular complexity index is 1260. The molecule has 1 heterocycles. The molecule has 0 atom stereocenters. The smallest absolute Gasteiger partial charge is 0.363 e. The Morgan fingerprint density at radius 1 is 1.03 bits per heavy atom. The van der Waals surface area contributed by atoms with Gasteiger partial charge in [-0.1, -0.05) is 30.3 Å². The highest BCUT2D eigenvalue weighted by Gasteiger charge is 2.25. The van der Waals surface area contributed by atoms with E-state index in [1.54, 1.807) is 6.08 Å². The lowest BCUT2D eigenvalue weighted by Crippen LogP contribution is -2.05. The van der Waals surface area contributed by atoms with Gasteiger partial charge in [-0.3, -0.25) is 0 Å². The maximum Gasteiger partial charge on any atom is 0.363 e. The van der Waals surface area contributed by atoms with Crippen LogP contribution in [0.15, 0.2) is 80.3 Å². The van der Waals surface area contributed by atoms with E-state index in [2.05, 4.69) is 59.4 Å². The molecule has 0 unspecified atom stereocenters. The van der Waals surface area contributed by atoms with Gasteiger partial charge in [-0.2, -0.15) is 0 Å². The van der Waals surface area contributed by atoms with Gasteiger partial charge in [0, 0.05) is 13.6 Å². The van der Waals surface area contributed by atoms with Gasteiger partial charge >= 0.3 is 5.97 Å². The standard InChI is InChI=1S/C25H18Br2INO4/c1-2-31-22-12-16(10-19(27)23(22)32-14-15-6-4-3-5-7-15)11-21-25(30)33-24(29-21)17-8-9-20(28)18(26)13-17/h3-13H,2,14H2,1H3/b21-11-. The molecular formula is C25H18Br2INO4. The molecule has 33 heavy (non-hydrogen) atoms. The first kappa shape index (κ1) is 24.0. The van der Waals surface area contributed by atoms with Crippen molar-refractivity contribution in [3.63, 3.8) is 0 Å². The van der Waals surface area contributed by atoms with E-state index < -0.39 is 5.97 Å². The van der Waals surface area contributed by atoms with Gasteiger partial charge in [0.15, 0.2) is 17.2 Å². The molecule has 0 aliphatic carbocycles. The summed E-state index contributed by atoms with van der Waals surface area (Å²) in [7, 11) is 0. The number of ether oxygens (including phenoxy) is 3. The van der Waals surface area contributed by atoms with Crippen LogP contribution in [0.5, 0.6) is 11.5 Å². The van der Waals surface area contributed by atoms with Gasteiger partial charge in [0.25, 0.3) is 0 Å². The van der Waals surface area contributed by atoms with Crippen LogP contribution in [0.1, 0.15) is 23.6 Å². The minimum Gasteiger partial charge on any atom is -0.490 e. The van der Waals surface area contributed by atoms with Crippen molar-refractivity contribution in [3.8, 4) is 11.5 Å². The van der Waals surface area contributed by atoms with Gasteiger partial charge in [-0.25, -0.2) is 9.79 Å². The second-order valence-electron chi connectivity index (χ2n) is 7.00. The fraction of sp³-hybridized carbons (Fsp3) is 0.120. The molecule has 0 saturated heterocycles. The van der Waals surface area contributed by atoms with Crippen molar-refractivity contribution in [3.05, 3.63) is 95.6 Å². The van der Waals surface area contributed by atoms with Crippen LogP contribution in [-0.2, 0) is 16.1 Å². The molecule has 8 heteroatoms. The summed E-state index contributed by atoms with van der Waals surface area (Å²) >= 11 is 9.29. The van der Waals surface area contributed by atoms with Crippen LogP contribution < -0.4 is 9.47 Å². The third-order valence-electron chi connectivity index (χ3n) is 4.65. The summed E-state index contributed by atoms with van der Waals surface area (Å²) < 4.78 is 19.9. The van der Waals surface area contributed by atoms with E-state index in [-0.39, 0.29) is 11.6 Å². The molecule has 3 aromatic rings. The van der Waals surface area contributed by atoms with Crippen molar-refractivity contribution >= 4 is 72.4 Å². The van der Waals surface area contributed by atoms with E-state index in [4.69, 9.17) is 14.2 Å². The van der Waals surface area contributed by atoms with Crippen molar-refractivity contribution in [2.45, 2.75) is 13.5 Å². The Kier molecular flexibility index (Phi) is 7.87. The lowest BCUT2D eigenvalue weighted by atomic mass is 10.1. The molecule has 0 radical (unpaired) electrons. The molecule has 0 bridgehead atoms. The first-order valence-corrected chi connectivity index (χ1v) is 12.7. The molecule has 0 saturated carbocycles. The van der Waals surface area contributed by atoms with Crippen molar-refractivity contribution in [1.82, 2.24) is 0 Å². The van der Waals surface area contributed by atoms with Gasteiger partial charge in [-0.15, -0.1) is 0 Å². The van der Waals surface area contributed by atoms with E-state index in [1.165, 1.54) is 0 Å². The van der Waals surface area contributed by atoms with Gasteiger partial charge in [0.2, 0.25) is 5.90 Å². The normalized spacial score (nSPS) is 14.2. The van der Waals surface area contributed by atoms with E-state index in [9.17, 15) is 4.79 Å². The highest BCUT2D eigenvalue weighted by Crippen LogP contribution is 2.38. The predicted octanol–water partition coefficient (Wildman–Crippen LogP) is 7.14. The maximum atomic E-state index is 12.5. The number of halogens is 3. The summed E-state index contributed by atoms with van der Waals surface area (Å²) in [6.45, 7) is 2.79. The van der Waals surface area contributed by atoms with Gasteiger partial charge in [-0.05, 0) is 109 Å². The first-order chi connectivity index (χ1) is 15.9. The lowest BCUT2D eigenvalue weighted by Gasteiger charge is -2.15. The zero-order valence-corrected chi connectivity index (χ0v) is 22.8. The average Bonchev–Trinajstić information content (AvgIpc) is 3.16. The zero-order chi connectivity index (χ0) is 23.4. The number of hydrogen-bond donors (Lipinski definition) is 0. The van der Waals surface area contributed by atoms with Gasteiger partial charge in [0.1, 0.15) is 6.61 Å². The number of carbonyl (C=O) groups excluding carboxylic acids is 1. The number of carbonyl (C=O) groups is 1. The number of rotatable bonds is 7. The summed E-state index contributed by atoms with van der Waals surface area (Å²) in [4.78, 5) is 16.9. The Labute approximate surface area is 222 Å². The zero-order valence-electron chi connectivity index (χ0n) is 17.5. The topological polar surface area (TPSA) is 57.1 Å². The van der Waals surface area contributed by atoms with Crippen LogP contribution in [0.4, 0.5) is 0 Å². The van der Waals surface area contributed by atoms with Gasteiger partial charge in [0.05, 0.1) is 11.1 Å². The third-order valence-corrected chi connectivity index (χ3v) is 7.58.